The monoisotopic (exact) mass is 322 g/mol. The Morgan fingerprint density at radius 3 is 2.89 bits per heavy atom. The van der Waals surface area contributed by atoms with Crippen LogP contribution in [0.2, 0.25) is 0 Å². The Hall–Kier alpha value is -0.140. The Labute approximate surface area is 124 Å². The number of alkyl halides is 1. The zero-order valence-corrected chi connectivity index (χ0v) is 13.6. The highest BCUT2D eigenvalue weighted by Crippen LogP contribution is 2.31. The lowest BCUT2D eigenvalue weighted by atomic mass is 10.2. The van der Waals surface area contributed by atoms with Crippen molar-refractivity contribution in [1.82, 2.24) is 9.21 Å². The van der Waals surface area contributed by atoms with Gasteiger partial charge in [0.2, 0.25) is 10.0 Å². The molecule has 108 valence electrons. The van der Waals surface area contributed by atoms with Gasteiger partial charge in [-0.05, 0) is 38.4 Å². The maximum absolute atomic E-state index is 12.7. The molecule has 19 heavy (non-hydrogen) atoms. The van der Waals surface area contributed by atoms with Crippen LogP contribution in [0.5, 0.6) is 0 Å². The number of sulfonamides is 1. The lowest BCUT2D eigenvalue weighted by Gasteiger charge is -2.26. The maximum atomic E-state index is 12.7. The van der Waals surface area contributed by atoms with Gasteiger partial charge in [-0.2, -0.15) is 4.31 Å². The molecule has 0 aliphatic carbocycles. The Bertz CT molecular complexity index is 528. The fourth-order valence-corrected chi connectivity index (χ4v) is 5.87. The van der Waals surface area contributed by atoms with Crippen molar-refractivity contribution in [2.45, 2.75) is 29.7 Å². The predicted molar refractivity (Wildman–Crippen MR) is 79.3 cm³/mol. The maximum Gasteiger partial charge on any atom is 0.244 e. The third kappa shape index (κ3) is 3.13. The second-order valence-corrected chi connectivity index (χ2v) is 8.14. The third-order valence-corrected chi connectivity index (χ3v) is 6.82. The largest absolute Gasteiger partial charge is 0.308 e. The molecule has 1 atom stereocenters. The number of thiophene rings is 1. The van der Waals surface area contributed by atoms with Crippen molar-refractivity contribution in [3.63, 3.8) is 0 Å². The van der Waals surface area contributed by atoms with Crippen molar-refractivity contribution >= 4 is 33.0 Å². The summed E-state index contributed by atoms with van der Waals surface area (Å²) in [4.78, 5) is 3.16. The zero-order valence-electron chi connectivity index (χ0n) is 11.2. The highest BCUT2D eigenvalue weighted by Gasteiger charge is 2.36. The normalized spacial score (nSPS) is 21.4. The van der Waals surface area contributed by atoms with Crippen molar-refractivity contribution < 1.29 is 8.42 Å². The molecular weight excluding hydrogens is 304 g/mol. The topological polar surface area (TPSA) is 40.6 Å². The molecule has 0 radical (unpaired) electrons. The van der Waals surface area contributed by atoms with Crippen LogP contribution in [0.3, 0.4) is 0 Å². The number of rotatable bonds is 5. The van der Waals surface area contributed by atoms with Gasteiger partial charge in [0, 0.05) is 24.0 Å². The number of nitrogens with zero attached hydrogens (tertiary/aromatic N) is 2. The van der Waals surface area contributed by atoms with Gasteiger partial charge in [-0.3, -0.25) is 0 Å². The average Bonchev–Trinajstić information content (AvgIpc) is 2.95. The Balaban J connectivity index is 2.29. The van der Waals surface area contributed by atoms with E-state index in [9.17, 15) is 8.42 Å². The Morgan fingerprint density at radius 2 is 2.26 bits per heavy atom. The molecule has 1 aromatic rings. The first-order valence-electron chi connectivity index (χ1n) is 6.25. The summed E-state index contributed by atoms with van der Waals surface area (Å²) in [6, 6.07) is 1.74. The molecule has 2 heterocycles. The molecule has 0 spiro atoms. The van der Waals surface area contributed by atoms with Crippen LogP contribution in [0.4, 0.5) is 0 Å². The van der Waals surface area contributed by atoms with Gasteiger partial charge in [0.1, 0.15) is 0 Å². The van der Waals surface area contributed by atoms with Gasteiger partial charge in [0.05, 0.1) is 10.8 Å². The first-order valence-corrected chi connectivity index (χ1v) is 9.11. The fourth-order valence-electron chi connectivity index (χ4n) is 2.51. The van der Waals surface area contributed by atoms with Crippen LogP contribution in [-0.2, 0) is 15.9 Å². The quantitative estimate of drug-likeness (QED) is 0.780. The molecule has 1 aliphatic heterocycles. The van der Waals surface area contributed by atoms with Gasteiger partial charge >= 0.3 is 0 Å². The van der Waals surface area contributed by atoms with Crippen LogP contribution < -0.4 is 0 Å². The summed E-state index contributed by atoms with van der Waals surface area (Å²) in [7, 11) is 0.540. The summed E-state index contributed by atoms with van der Waals surface area (Å²) in [5, 5.41) is 1.79. The van der Waals surface area contributed by atoms with Crippen molar-refractivity contribution in [1.29, 1.82) is 0 Å². The van der Waals surface area contributed by atoms with E-state index in [0.29, 0.717) is 11.4 Å². The van der Waals surface area contributed by atoms with Crippen molar-refractivity contribution in [2.24, 2.45) is 0 Å². The molecule has 1 aromatic heterocycles. The lowest BCUT2D eigenvalue weighted by molar-refractivity contribution is 0.291. The van der Waals surface area contributed by atoms with Crippen molar-refractivity contribution in [3.05, 3.63) is 16.3 Å². The summed E-state index contributed by atoms with van der Waals surface area (Å²) >= 11 is 7.23. The summed E-state index contributed by atoms with van der Waals surface area (Å²) in [5.41, 5.74) is 0. The SMILES string of the molecule is CN(C)CC1CCCN1S(=O)(=O)c1ccsc1CCl. The van der Waals surface area contributed by atoms with Crippen LogP contribution >= 0.6 is 22.9 Å². The molecule has 1 saturated heterocycles. The summed E-state index contributed by atoms with van der Waals surface area (Å²) in [6.45, 7) is 1.37. The van der Waals surface area contributed by atoms with Gasteiger partial charge in [0.15, 0.2) is 0 Å². The van der Waals surface area contributed by atoms with E-state index in [1.54, 1.807) is 15.8 Å². The molecule has 0 aromatic carbocycles. The Kier molecular flexibility index (Phi) is 4.89. The second-order valence-electron chi connectivity index (χ2n) is 5.02. The van der Waals surface area contributed by atoms with E-state index < -0.39 is 10.0 Å². The lowest BCUT2D eigenvalue weighted by Crippen LogP contribution is -2.41. The average molecular weight is 323 g/mol. The van der Waals surface area contributed by atoms with E-state index in [2.05, 4.69) is 0 Å². The molecule has 0 saturated carbocycles. The van der Waals surface area contributed by atoms with E-state index >= 15 is 0 Å². The van der Waals surface area contributed by atoms with Crippen LogP contribution in [0.25, 0.3) is 0 Å². The summed E-state index contributed by atoms with van der Waals surface area (Å²) in [6.07, 6.45) is 1.86. The molecule has 1 aliphatic rings. The number of halogens is 1. The highest BCUT2D eigenvalue weighted by molar-refractivity contribution is 7.89. The highest BCUT2D eigenvalue weighted by atomic mass is 35.5. The Morgan fingerprint density at radius 1 is 1.53 bits per heavy atom. The second kappa shape index (κ2) is 6.10. The van der Waals surface area contributed by atoms with Gasteiger partial charge in [-0.25, -0.2) is 8.42 Å². The van der Waals surface area contributed by atoms with Gasteiger partial charge in [0.25, 0.3) is 0 Å². The molecule has 4 nitrogen and oxygen atoms in total. The molecule has 0 N–H and O–H groups in total. The van der Waals surface area contributed by atoms with Gasteiger partial charge in [-0.15, -0.1) is 22.9 Å². The van der Waals surface area contributed by atoms with E-state index in [-0.39, 0.29) is 11.9 Å². The molecular formula is C12H19ClN2O2S2. The zero-order chi connectivity index (χ0) is 14.0. The van der Waals surface area contributed by atoms with Crippen molar-refractivity contribution in [3.8, 4) is 0 Å². The van der Waals surface area contributed by atoms with Crippen LogP contribution in [0.15, 0.2) is 16.3 Å². The molecule has 7 heteroatoms. The van der Waals surface area contributed by atoms with E-state index in [1.165, 1.54) is 11.3 Å². The van der Waals surface area contributed by atoms with Gasteiger partial charge < -0.3 is 4.90 Å². The fraction of sp³-hybridized carbons (Fsp3) is 0.667. The molecule has 0 bridgehead atoms. The molecule has 1 fully saturated rings. The predicted octanol–water partition coefficient (Wildman–Crippen LogP) is 2.20. The standard InChI is InChI=1S/C12H19ClN2O2S2/c1-14(2)9-10-4-3-6-15(10)19(16,17)12-5-7-18-11(12)8-13/h5,7,10H,3-4,6,8-9H2,1-2H3. The summed E-state index contributed by atoms with van der Waals surface area (Å²) < 4.78 is 27.1. The third-order valence-electron chi connectivity index (χ3n) is 3.31. The van der Waals surface area contributed by atoms with Crippen LogP contribution in [-0.4, -0.2) is 50.8 Å². The number of likely N-dealkylation sites (N-methyl/N-ethyl adjacent to an activating group) is 1. The van der Waals surface area contributed by atoms with Crippen molar-refractivity contribution in [2.75, 3.05) is 27.2 Å². The van der Waals surface area contributed by atoms with Gasteiger partial charge in [-0.1, -0.05) is 0 Å². The first kappa shape index (κ1) is 15.3. The molecule has 2 rings (SSSR count). The molecule has 1 unspecified atom stereocenters. The van der Waals surface area contributed by atoms with E-state index in [4.69, 9.17) is 11.6 Å². The van der Waals surface area contributed by atoms with E-state index in [0.717, 1.165) is 24.3 Å². The van der Waals surface area contributed by atoms with Crippen LogP contribution in [0.1, 0.15) is 17.7 Å². The van der Waals surface area contributed by atoms with Crippen LogP contribution in [0, 0.1) is 0 Å². The minimum absolute atomic E-state index is 0.0723. The summed E-state index contributed by atoms with van der Waals surface area (Å²) in [5.74, 6) is 0.248. The number of hydrogen-bond donors (Lipinski definition) is 0. The number of hydrogen-bond acceptors (Lipinski definition) is 4. The minimum Gasteiger partial charge on any atom is -0.308 e. The van der Waals surface area contributed by atoms with E-state index in [1.807, 2.05) is 19.0 Å². The smallest absolute Gasteiger partial charge is 0.244 e. The first-order chi connectivity index (χ1) is 8.96. The molecule has 0 amide bonds. The minimum atomic E-state index is -3.40.